The number of nitrogens with zero attached hydrogens (tertiary/aromatic N) is 3. The standard InChI is InChI=1S/C22H26N4O4/c1-3-8-26-17-13-25(14-18(27)24-9-11-30-12-10-24)21(28)19(17)20(23-22(26)29)16-6-4-15(2)5-7-16/h3-7,20H,1,8-14H2,2H3,(H,23,29). The molecule has 1 aromatic carbocycles. The zero-order chi connectivity index (χ0) is 21.3. The third-order valence-corrected chi connectivity index (χ3v) is 5.71. The van der Waals surface area contributed by atoms with Gasteiger partial charge in [-0.05, 0) is 12.5 Å². The second-order valence-electron chi connectivity index (χ2n) is 7.71. The van der Waals surface area contributed by atoms with Crippen LogP contribution in [0.2, 0.25) is 0 Å². The van der Waals surface area contributed by atoms with Crippen LogP contribution in [0, 0.1) is 6.92 Å². The Morgan fingerprint density at radius 1 is 1.23 bits per heavy atom. The van der Waals surface area contributed by atoms with Crippen molar-refractivity contribution >= 4 is 17.8 Å². The average molecular weight is 410 g/mol. The summed E-state index contributed by atoms with van der Waals surface area (Å²) in [5.74, 6) is -0.320. The smallest absolute Gasteiger partial charge is 0.322 e. The summed E-state index contributed by atoms with van der Waals surface area (Å²) in [4.78, 5) is 43.6. The lowest BCUT2D eigenvalue weighted by Gasteiger charge is -2.33. The molecule has 30 heavy (non-hydrogen) atoms. The molecule has 4 rings (SSSR count). The van der Waals surface area contributed by atoms with Gasteiger partial charge in [0.1, 0.15) is 6.54 Å². The quantitative estimate of drug-likeness (QED) is 0.740. The van der Waals surface area contributed by atoms with E-state index < -0.39 is 6.04 Å². The number of amides is 4. The minimum atomic E-state index is -0.537. The summed E-state index contributed by atoms with van der Waals surface area (Å²) in [6.07, 6.45) is 1.63. The molecule has 0 aromatic heterocycles. The van der Waals surface area contributed by atoms with Crippen LogP contribution in [0.15, 0.2) is 48.2 Å². The van der Waals surface area contributed by atoms with Gasteiger partial charge in [-0.3, -0.25) is 14.5 Å². The number of benzene rings is 1. The molecular weight excluding hydrogens is 384 g/mol. The fourth-order valence-corrected chi connectivity index (χ4v) is 4.08. The first-order valence-electron chi connectivity index (χ1n) is 10.1. The van der Waals surface area contributed by atoms with Crippen molar-refractivity contribution in [1.29, 1.82) is 0 Å². The zero-order valence-electron chi connectivity index (χ0n) is 17.1. The molecule has 0 aliphatic carbocycles. The van der Waals surface area contributed by atoms with Gasteiger partial charge in [0, 0.05) is 19.6 Å². The SMILES string of the molecule is C=CCN1C(=O)NC(c2ccc(C)cc2)C2=C1CN(CC(=O)N1CCOCC1)C2=O. The van der Waals surface area contributed by atoms with Gasteiger partial charge in [0.15, 0.2) is 0 Å². The van der Waals surface area contributed by atoms with Crippen molar-refractivity contribution in [2.45, 2.75) is 13.0 Å². The van der Waals surface area contributed by atoms with Gasteiger partial charge in [0.2, 0.25) is 5.91 Å². The summed E-state index contributed by atoms with van der Waals surface area (Å²) in [6, 6.07) is 6.94. The first-order chi connectivity index (χ1) is 14.5. The predicted octanol–water partition coefficient (Wildman–Crippen LogP) is 1.20. The third kappa shape index (κ3) is 3.70. The Balaban J connectivity index is 1.61. The van der Waals surface area contributed by atoms with Gasteiger partial charge < -0.3 is 19.9 Å². The van der Waals surface area contributed by atoms with E-state index in [0.29, 0.717) is 44.1 Å². The Morgan fingerprint density at radius 3 is 2.60 bits per heavy atom. The highest BCUT2D eigenvalue weighted by molar-refractivity contribution is 6.03. The lowest BCUT2D eigenvalue weighted by atomic mass is 9.95. The monoisotopic (exact) mass is 410 g/mol. The molecule has 4 amide bonds. The second-order valence-corrected chi connectivity index (χ2v) is 7.71. The molecule has 1 atom stereocenters. The summed E-state index contributed by atoms with van der Waals surface area (Å²) in [5, 5.41) is 2.95. The number of carbonyl (C=O) groups is 3. The number of nitrogens with one attached hydrogen (secondary N) is 1. The van der Waals surface area contributed by atoms with Crippen LogP contribution in [0.4, 0.5) is 4.79 Å². The normalized spacial score (nSPS) is 21.6. The van der Waals surface area contributed by atoms with E-state index in [1.165, 1.54) is 9.80 Å². The first kappa shape index (κ1) is 20.2. The molecule has 1 fully saturated rings. The number of hydrogen-bond donors (Lipinski definition) is 1. The molecule has 8 nitrogen and oxygen atoms in total. The number of urea groups is 1. The Kier molecular flexibility index (Phi) is 5.59. The van der Waals surface area contributed by atoms with Crippen molar-refractivity contribution in [3.05, 3.63) is 59.3 Å². The van der Waals surface area contributed by atoms with E-state index in [4.69, 9.17) is 4.74 Å². The first-order valence-corrected chi connectivity index (χ1v) is 10.1. The van der Waals surface area contributed by atoms with Gasteiger partial charge in [-0.25, -0.2) is 4.79 Å². The van der Waals surface area contributed by atoms with Gasteiger partial charge in [-0.2, -0.15) is 0 Å². The lowest BCUT2D eigenvalue weighted by molar-refractivity contribution is -0.140. The third-order valence-electron chi connectivity index (χ3n) is 5.71. The second kappa shape index (κ2) is 8.31. The molecule has 158 valence electrons. The number of morpholine rings is 1. The zero-order valence-corrected chi connectivity index (χ0v) is 17.1. The van der Waals surface area contributed by atoms with E-state index >= 15 is 0 Å². The molecule has 1 N–H and O–H groups in total. The van der Waals surface area contributed by atoms with Crippen LogP contribution in [0.1, 0.15) is 17.2 Å². The van der Waals surface area contributed by atoms with Crippen molar-refractivity contribution in [3.8, 4) is 0 Å². The number of aryl methyl sites for hydroxylation is 1. The lowest BCUT2D eigenvalue weighted by Crippen LogP contribution is -2.47. The number of rotatable bonds is 5. The minimum absolute atomic E-state index is 0.0113. The summed E-state index contributed by atoms with van der Waals surface area (Å²) < 4.78 is 5.30. The number of hydrogen-bond acceptors (Lipinski definition) is 4. The minimum Gasteiger partial charge on any atom is -0.378 e. The summed E-state index contributed by atoms with van der Waals surface area (Å²) >= 11 is 0. The molecule has 1 unspecified atom stereocenters. The Labute approximate surface area is 175 Å². The van der Waals surface area contributed by atoms with E-state index in [9.17, 15) is 14.4 Å². The predicted molar refractivity (Wildman–Crippen MR) is 110 cm³/mol. The maximum absolute atomic E-state index is 13.3. The Hall–Kier alpha value is -3.13. The van der Waals surface area contributed by atoms with Crippen LogP contribution in [0.25, 0.3) is 0 Å². The van der Waals surface area contributed by atoms with E-state index in [-0.39, 0.29) is 30.9 Å². The average Bonchev–Trinajstić information content (AvgIpc) is 3.07. The van der Waals surface area contributed by atoms with Gasteiger partial charge in [0.05, 0.1) is 37.1 Å². The van der Waals surface area contributed by atoms with Gasteiger partial charge in [0.25, 0.3) is 5.91 Å². The van der Waals surface area contributed by atoms with E-state index in [1.54, 1.807) is 11.0 Å². The molecule has 0 saturated carbocycles. The van der Waals surface area contributed by atoms with Crippen LogP contribution in [-0.4, -0.2) is 78.5 Å². The fourth-order valence-electron chi connectivity index (χ4n) is 4.08. The van der Waals surface area contributed by atoms with Crippen molar-refractivity contribution in [2.24, 2.45) is 0 Å². The molecule has 0 radical (unpaired) electrons. The molecule has 3 aliphatic heterocycles. The van der Waals surface area contributed by atoms with Crippen LogP contribution in [0.5, 0.6) is 0 Å². The van der Waals surface area contributed by atoms with E-state index in [0.717, 1.165) is 11.1 Å². The molecule has 1 aromatic rings. The Morgan fingerprint density at radius 2 is 1.93 bits per heavy atom. The fraction of sp³-hybridized carbons (Fsp3) is 0.409. The maximum Gasteiger partial charge on any atom is 0.322 e. The topological polar surface area (TPSA) is 82.2 Å². The van der Waals surface area contributed by atoms with Crippen molar-refractivity contribution < 1.29 is 19.1 Å². The number of carbonyl (C=O) groups excluding carboxylic acids is 3. The molecule has 3 heterocycles. The maximum atomic E-state index is 13.3. The Bertz CT molecular complexity index is 902. The summed E-state index contributed by atoms with van der Waals surface area (Å²) in [7, 11) is 0. The van der Waals surface area contributed by atoms with Gasteiger partial charge in [-0.1, -0.05) is 35.9 Å². The van der Waals surface area contributed by atoms with Crippen LogP contribution < -0.4 is 5.32 Å². The molecule has 0 bridgehead atoms. The van der Waals surface area contributed by atoms with Crippen LogP contribution in [0.3, 0.4) is 0 Å². The molecule has 1 saturated heterocycles. The number of ether oxygens (including phenoxy) is 1. The molecule has 0 spiro atoms. The van der Waals surface area contributed by atoms with E-state index in [2.05, 4.69) is 11.9 Å². The van der Waals surface area contributed by atoms with Crippen molar-refractivity contribution in [2.75, 3.05) is 45.9 Å². The highest BCUT2D eigenvalue weighted by Crippen LogP contribution is 2.36. The molecule has 3 aliphatic rings. The molecular formula is C22H26N4O4. The largest absolute Gasteiger partial charge is 0.378 e. The highest BCUT2D eigenvalue weighted by Gasteiger charge is 2.44. The van der Waals surface area contributed by atoms with E-state index in [1.807, 2.05) is 31.2 Å². The van der Waals surface area contributed by atoms with Crippen LogP contribution >= 0.6 is 0 Å². The van der Waals surface area contributed by atoms with Gasteiger partial charge in [-0.15, -0.1) is 6.58 Å². The molecule has 8 heteroatoms. The van der Waals surface area contributed by atoms with Crippen LogP contribution in [-0.2, 0) is 14.3 Å². The highest BCUT2D eigenvalue weighted by atomic mass is 16.5. The van der Waals surface area contributed by atoms with Crippen molar-refractivity contribution in [1.82, 2.24) is 20.0 Å². The van der Waals surface area contributed by atoms with Gasteiger partial charge >= 0.3 is 6.03 Å². The van der Waals surface area contributed by atoms with Crippen molar-refractivity contribution in [3.63, 3.8) is 0 Å². The summed E-state index contributed by atoms with van der Waals surface area (Å²) in [5.41, 5.74) is 3.10. The summed E-state index contributed by atoms with van der Waals surface area (Å²) in [6.45, 7) is 8.30.